The lowest BCUT2D eigenvalue weighted by Gasteiger charge is -2.31. The molecule has 3 heteroatoms. The van der Waals surface area contributed by atoms with Crippen LogP contribution in [-0.2, 0) is 5.75 Å². The van der Waals surface area contributed by atoms with E-state index in [0.717, 1.165) is 30.0 Å². The summed E-state index contributed by atoms with van der Waals surface area (Å²) in [4.78, 5) is 14.9. The Morgan fingerprint density at radius 3 is 2.65 bits per heavy atom. The number of thiol groups is 1. The fraction of sp³-hybridized carbons (Fsp3) is 0.650. The molecule has 2 rings (SSSR count). The van der Waals surface area contributed by atoms with Gasteiger partial charge in [0.05, 0.1) is 0 Å². The molecule has 2 nitrogen and oxygen atoms in total. The SMILES string of the molecule is CCCCC1CCN(CCCC(=O)c2ccccc2CS)CC1. The van der Waals surface area contributed by atoms with Crippen molar-refractivity contribution in [1.82, 2.24) is 4.90 Å². The summed E-state index contributed by atoms with van der Waals surface area (Å²) < 4.78 is 0. The monoisotopic (exact) mass is 333 g/mol. The van der Waals surface area contributed by atoms with Crippen molar-refractivity contribution in [1.29, 1.82) is 0 Å². The van der Waals surface area contributed by atoms with Crippen LogP contribution in [-0.4, -0.2) is 30.3 Å². The average Bonchev–Trinajstić information content (AvgIpc) is 2.61. The van der Waals surface area contributed by atoms with Crippen LogP contribution in [0.1, 0.15) is 67.8 Å². The fourth-order valence-corrected chi connectivity index (χ4v) is 3.80. The summed E-state index contributed by atoms with van der Waals surface area (Å²) >= 11 is 4.32. The topological polar surface area (TPSA) is 20.3 Å². The van der Waals surface area contributed by atoms with Crippen LogP contribution in [0.4, 0.5) is 0 Å². The molecule has 0 saturated carbocycles. The van der Waals surface area contributed by atoms with Gasteiger partial charge in [0.15, 0.2) is 5.78 Å². The molecule has 0 N–H and O–H groups in total. The highest BCUT2D eigenvalue weighted by Gasteiger charge is 2.18. The molecular formula is C20H31NOS. The van der Waals surface area contributed by atoms with E-state index in [1.54, 1.807) is 0 Å². The van der Waals surface area contributed by atoms with E-state index < -0.39 is 0 Å². The maximum Gasteiger partial charge on any atom is 0.163 e. The van der Waals surface area contributed by atoms with E-state index >= 15 is 0 Å². The number of carbonyl (C=O) groups is 1. The van der Waals surface area contributed by atoms with Gasteiger partial charge < -0.3 is 4.90 Å². The van der Waals surface area contributed by atoms with Crippen molar-refractivity contribution in [2.75, 3.05) is 19.6 Å². The minimum absolute atomic E-state index is 0.271. The van der Waals surface area contributed by atoms with Gasteiger partial charge in [0, 0.05) is 17.7 Å². The first-order valence-corrected chi connectivity index (χ1v) is 9.82. The molecule has 0 amide bonds. The zero-order chi connectivity index (χ0) is 16.5. The summed E-state index contributed by atoms with van der Waals surface area (Å²) in [5.41, 5.74) is 1.92. The number of rotatable bonds is 9. The van der Waals surface area contributed by atoms with Gasteiger partial charge in [-0.15, -0.1) is 0 Å². The Labute approximate surface area is 147 Å². The number of Topliss-reactive ketones (excluding diaryl/α,β-unsaturated/α-hetero) is 1. The predicted molar refractivity (Wildman–Crippen MR) is 101 cm³/mol. The number of hydrogen-bond donors (Lipinski definition) is 1. The third-order valence-corrected chi connectivity index (χ3v) is 5.38. The second-order valence-electron chi connectivity index (χ2n) is 6.77. The number of hydrogen-bond acceptors (Lipinski definition) is 3. The highest BCUT2D eigenvalue weighted by molar-refractivity contribution is 7.79. The standard InChI is InChI=1S/C20H31NOS/c1-2-3-7-17-11-14-21(15-12-17)13-6-10-20(22)19-9-5-4-8-18(19)16-23/h4-5,8-9,17,23H,2-3,6-7,10-16H2,1H3. The third kappa shape index (κ3) is 5.96. The largest absolute Gasteiger partial charge is 0.303 e. The molecule has 0 aliphatic carbocycles. The molecule has 128 valence electrons. The van der Waals surface area contributed by atoms with Crippen molar-refractivity contribution in [3.8, 4) is 0 Å². The molecule has 0 atom stereocenters. The van der Waals surface area contributed by atoms with Crippen LogP contribution < -0.4 is 0 Å². The predicted octanol–water partition coefficient (Wildman–Crippen LogP) is 4.98. The third-order valence-electron chi connectivity index (χ3n) is 5.04. The molecular weight excluding hydrogens is 302 g/mol. The zero-order valence-corrected chi connectivity index (χ0v) is 15.4. The van der Waals surface area contributed by atoms with E-state index in [-0.39, 0.29) is 5.78 Å². The Morgan fingerprint density at radius 1 is 1.22 bits per heavy atom. The van der Waals surface area contributed by atoms with E-state index in [2.05, 4.69) is 24.5 Å². The van der Waals surface area contributed by atoms with Crippen molar-refractivity contribution >= 4 is 18.4 Å². The normalized spacial score (nSPS) is 16.6. The summed E-state index contributed by atoms with van der Waals surface area (Å²) in [6, 6.07) is 7.86. The lowest BCUT2D eigenvalue weighted by molar-refractivity contribution is 0.0969. The molecule has 1 aliphatic heterocycles. The van der Waals surface area contributed by atoms with E-state index in [4.69, 9.17) is 0 Å². The molecule has 1 aromatic rings. The van der Waals surface area contributed by atoms with Crippen molar-refractivity contribution in [2.45, 2.75) is 57.6 Å². The first-order valence-electron chi connectivity index (χ1n) is 9.19. The lowest BCUT2D eigenvalue weighted by atomic mass is 9.91. The van der Waals surface area contributed by atoms with Crippen LogP contribution in [0.2, 0.25) is 0 Å². The zero-order valence-electron chi connectivity index (χ0n) is 14.5. The van der Waals surface area contributed by atoms with Gasteiger partial charge in [-0.25, -0.2) is 0 Å². The number of ketones is 1. The summed E-state index contributed by atoms with van der Waals surface area (Å²) in [5.74, 6) is 1.84. The van der Waals surface area contributed by atoms with E-state index in [0.29, 0.717) is 12.2 Å². The minimum Gasteiger partial charge on any atom is -0.303 e. The van der Waals surface area contributed by atoms with Crippen molar-refractivity contribution in [3.63, 3.8) is 0 Å². The Morgan fingerprint density at radius 2 is 1.96 bits per heavy atom. The number of unbranched alkanes of at least 4 members (excludes halogenated alkanes) is 1. The number of likely N-dealkylation sites (tertiary alicyclic amines) is 1. The van der Waals surface area contributed by atoms with Crippen LogP contribution in [0.15, 0.2) is 24.3 Å². The van der Waals surface area contributed by atoms with Crippen LogP contribution in [0.5, 0.6) is 0 Å². The Balaban J connectivity index is 1.68. The molecule has 0 aromatic heterocycles. The van der Waals surface area contributed by atoms with Crippen molar-refractivity contribution in [3.05, 3.63) is 35.4 Å². The summed E-state index contributed by atoms with van der Waals surface area (Å²) in [6.07, 6.45) is 8.41. The van der Waals surface area contributed by atoms with Gasteiger partial charge in [0.25, 0.3) is 0 Å². The molecule has 0 unspecified atom stereocenters. The first kappa shape index (κ1) is 18.5. The molecule has 1 aliphatic rings. The maximum absolute atomic E-state index is 12.4. The highest BCUT2D eigenvalue weighted by atomic mass is 32.1. The second kappa shape index (κ2) is 10.1. The lowest BCUT2D eigenvalue weighted by Crippen LogP contribution is -2.34. The van der Waals surface area contributed by atoms with Crippen molar-refractivity contribution in [2.24, 2.45) is 5.92 Å². The van der Waals surface area contributed by atoms with Gasteiger partial charge >= 0.3 is 0 Å². The van der Waals surface area contributed by atoms with E-state index in [1.807, 2.05) is 24.3 Å². The van der Waals surface area contributed by atoms with E-state index in [9.17, 15) is 4.79 Å². The fourth-order valence-electron chi connectivity index (χ4n) is 3.52. The molecule has 0 radical (unpaired) electrons. The maximum atomic E-state index is 12.4. The highest BCUT2D eigenvalue weighted by Crippen LogP contribution is 2.23. The van der Waals surface area contributed by atoms with Crippen molar-refractivity contribution < 1.29 is 4.79 Å². The number of piperidine rings is 1. The van der Waals surface area contributed by atoms with Gasteiger partial charge in [0.1, 0.15) is 0 Å². The van der Waals surface area contributed by atoms with Crippen LogP contribution in [0, 0.1) is 5.92 Å². The molecule has 1 aromatic carbocycles. The Hall–Kier alpha value is -0.800. The van der Waals surface area contributed by atoms with Gasteiger partial charge in [-0.2, -0.15) is 12.6 Å². The average molecular weight is 334 g/mol. The van der Waals surface area contributed by atoms with Gasteiger partial charge in [-0.1, -0.05) is 50.5 Å². The van der Waals surface area contributed by atoms with Gasteiger partial charge in [-0.3, -0.25) is 4.79 Å². The smallest absolute Gasteiger partial charge is 0.163 e. The Bertz CT molecular complexity index is 480. The molecule has 0 spiro atoms. The van der Waals surface area contributed by atoms with E-state index in [1.165, 1.54) is 45.2 Å². The molecule has 1 fully saturated rings. The summed E-state index contributed by atoms with van der Waals surface area (Å²) in [5, 5.41) is 0. The number of nitrogens with zero attached hydrogens (tertiary/aromatic N) is 1. The minimum atomic E-state index is 0.271. The quantitative estimate of drug-likeness (QED) is 0.508. The summed E-state index contributed by atoms with van der Waals surface area (Å²) in [6.45, 7) is 5.78. The van der Waals surface area contributed by atoms with Gasteiger partial charge in [0.2, 0.25) is 0 Å². The van der Waals surface area contributed by atoms with Crippen LogP contribution in [0.3, 0.4) is 0 Å². The molecule has 0 bridgehead atoms. The number of carbonyl (C=O) groups excluding carboxylic acids is 1. The Kier molecular flexibility index (Phi) is 8.18. The van der Waals surface area contributed by atoms with Crippen LogP contribution in [0.25, 0.3) is 0 Å². The molecule has 1 saturated heterocycles. The number of benzene rings is 1. The molecule has 1 heterocycles. The van der Waals surface area contributed by atoms with Crippen LogP contribution >= 0.6 is 12.6 Å². The first-order chi connectivity index (χ1) is 11.2. The van der Waals surface area contributed by atoms with Gasteiger partial charge in [-0.05, 0) is 50.4 Å². The summed E-state index contributed by atoms with van der Waals surface area (Å²) in [7, 11) is 0. The second-order valence-corrected chi connectivity index (χ2v) is 7.09. The molecule has 23 heavy (non-hydrogen) atoms.